The van der Waals surface area contributed by atoms with Crippen LogP contribution in [-0.2, 0) is 10.3 Å². The quantitative estimate of drug-likeness (QED) is 0.466. The molecule has 1 aliphatic heterocycles. The molecule has 1 unspecified atom stereocenters. The van der Waals surface area contributed by atoms with Crippen molar-refractivity contribution in [2.75, 3.05) is 11.4 Å². The summed E-state index contributed by atoms with van der Waals surface area (Å²) < 4.78 is 46.9. The van der Waals surface area contributed by atoms with Crippen molar-refractivity contribution in [1.29, 1.82) is 5.26 Å². The first-order valence-corrected chi connectivity index (χ1v) is 8.93. The monoisotopic (exact) mass is 468 g/mol. The van der Waals surface area contributed by atoms with Crippen molar-refractivity contribution in [3.63, 3.8) is 0 Å². The molecule has 0 saturated carbocycles. The summed E-state index contributed by atoms with van der Waals surface area (Å²) in [7, 11) is 0. The summed E-state index contributed by atoms with van der Waals surface area (Å²) in [5.74, 6) is 0. The van der Waals surface area contributed by atoms with E-state index in [4.69, 9.17) is 56.4 Å². The summed E-state index contributed by atoms with van der Waals surface area (Å²) in [5, 5.41) is 8.34. The van der Waals surface area contributed by atoms with E-state index in [2.05, 4.69) is 0 Å². The minimum atomic E-state index is -4.99. The molecule has 0 aromatic heterocycles. The van der Waals surface area contributed by atoms with Crippen molar-refractivity contribution < 1.29 is 22.7 Å². The molecule has 0 radical (unpaired) electrons. The van der Waals surface area contributed by atoms with Crippen LogP contribution < -0.4 is 4.90 Å². The summed E-state index contributed by atoms with van der Waals surface area (Å²) in [4.78, 5) is 13.1. The summed E-state index contributed by atoms with van der Waals surface area (Å²) in [6.07, 6.45) is -6.24. The Labute approximate surface area is 176 Å². The molecular formula is C17H7Cl4F3N2O2. The van der Waals surface area contributed by atoms with Gasteiger partial charge in [0.1, 0.15) is 6.07 Å². The fraction of sp³-hybridized carbons (Fsp3) is 0.176. The van der Waals surface area contributed by atoms with E-state index >= 15 is 0 Å². The molecule has 4 nitrogen and oxygen atoms in total. The van der Waals surface area contributed by atoms with Crippen LogP contribution in [0.2, 0.25) is 20.1 Å². The highest BCUT2D eigenvalue weighted by Gasteiger charge is 2.65. The molecule has 3 rings (SSSR count). The summed E-state index contributed by atoms with van der Waals surface area (Å²) in [5.41, 5.74) is -3.36. The molecule has 28 heavy (non-hydrogen) atoms. The largest absolute Gasteiger partial charge is 0.434 e. The number of anilines is 1. The maximum atomic E-state index is 14.0. The van der Waals surface area contributed by atoms with E-state index in [1.807, 2.05) is 6.07 Å². The van der Waals surface area contributed by atoms with Crippen LogP contribution in [-0.4, -0.2) is 18.8 Å². The lowest BCUT2D eigenvalue weighted by atomic mass is 9.92. The third-order valence-corrected chi connectivity index (χ3v) is 5.67. The van der Waals surface area contributed by atoms with Gasteiger partial charge in [-0.15, -0.1) is 0 Å². The van der Waals surface area contributed by atoms with Crippen molar-refractivity contribution in [1.82, 2.24) is 0 Å². The molecule has 1 fully saturated rings. The van der Waals surface area contributed by atoms with Crippen molar-refractivity contribution >= 4 is 58.2 Å². The molecule has 1 atom stereocenters. The van der Waals surface area contributed by atoms with E-state index in [-0.39, 0.29) is 31.3 Å². The molecule has 11 heteroatoms. The number of hydrogen-bond acceptors (Lipinski definition) is 3. The van der Waals surface area contributed by atoms with Gasteiger partial charge in [-0.25, -0.2) is 4.79 Å². The SMILES string of the molecule is N#Cc1ccc(N2CC(c3cc(Cl)c(Cl)c(Cl)c3)(C(F)(F)F)OC2=O)cc1Cl. The summed E-state index contributed by atoms with van der Waals surface area (Å²) in [6, 6.07) is 7.50. The van der Waals surface area contributed by atoms with Gasteiger partial charge in [-0.05, 0) is 30.3 Å². The molecule has 0 spiro atoms. The van der Waals surface area contributed by atoms with Crippen LogP contribution in [0.15, 0.2) is 30.3 Å². The Morgan fingerprint density at radius 1 is 1.07 bits per heavy atom. The number of amides is 1. The van der Waals surface area contributed by atoms with Crippen molar-refractivity contribution in [3.05, 3.63) is 61.5 Å². The van der Waals surface area contributed by atoms with Crippen LogP contribution in [0, 0.1) is 11.3 Å². The van der Waals surface area contributed by atoms with Crippen LogP contribution in [0.3, 0.4) is 0 Å². The number of ether oxygens (including phenoxy) is 1. The second kappa shape index (κ2) is 7.20. The van der Waals surface area contributed by atoms with Crippen LogP contribution in [0.5, 0.6) is 0 Å². The van der Waals surface area contributed by atoms with E-state index in [0.29, 0.717) is 0 Å². The lowest BCUT2D eigenvalue weighted by molar-refractivity contribution is -0.250. The highest BCUT2D eigenvalue weighted by Crippen LogP contribution is 2.49. The highest BCUT2D eigenvalue weighted by atomic mass is 35.5. The van der Waals surface area contributed by atoms with Crippen LogP contribution >= 0.6 is 46.4 Å². The standard InChI is InChI=1S/C17H7Cl4F3N2O2/c18-11-5-10(2-1-8(11)6-25)26-7-16(17(22,23)24,28-15(26)27)9-3-12(19)14(21)13(20)4-9/h1-5H,7H2. The van der Waals surface area contributed by atoms with Gasteiger partial charge in [-0.2, -0.15) is 18.4 Å². The zero-order valence-corrected chi connectivity index (χ0v) is 16.5. The number of halogens is 7. The lowest BCUT2D eigenvalue weighted by Gasteiger charge is -2.30. The Morgan fingerprint density at radius 2 is 1.68 bits per heavy atom. The molecule has 2 aromatic rings. The maximum Gasteiger partial charge on any atom is 0.434 e. The van der Waals surface area contributed by atoms with Crippen molar-refractivity contribution in [2.24, 2.45) is 0 Å². The molecule has 2 aromatic carbocycles. The number of nitrogens with zero attached hydrogens (tertiary/aromatic N) is 2. The Balaban J connectivity index is 2.12. The average Bonchev–Trinajstić information content (AvgIpc) is 2.98. The van der Waals surface area contributed by atoms with Gasteiger partial charge < -0.3 is 4.74 Å². The first-order valence-electron chi connectivity index (χ1n) is 7.42. The second-order valence-electron chi connectivity index (χ2n) is 5.81. The van der Waals surface area contributed by atoms with Crippen molar-refractivity contribution in [3.8, 4) is 6.07 Å². The molecule has 1 aliphatic rings. The number of carbonyl (C=O) groups is 1. The van der Waals surface area contributed by atoms with Gasteiger partial charge in [0.25, 0.3) is 5.60 Å². The molecule has 1 heterocycles. The Kier molecular flexibility index (Phi) is 5.36. The van der Waals surface area contributed by atoms with Gasteiger partial charge in [0.15, 0.2) is 0 Å². The predicted octanol–water partition coefficient (Wildman–Crippen LogP) is 6.59. The van der Waals surface area contributed by atoms with E-state index in [1.165, 1.54) is 18.2 Å². The van der Waals surface area contributed by atoms with Gasteiger partial charge in [0.2, 0.25) is 0 Å². The Hall–Kier alpha value is -1.85. The first kappa shape index (κ1) is 20.9. The topological polar surface area (TPSA) is 53.3 Å². The molecule has 1 saturated heterocycles. The lowest BCUT2D eigenvalue weighted by Crippen LogP contribution is -2.46. The van der Waals surface area contributed by atoms with E-state index in [0.717, 1.165) is 17.0 Å². The van der Waals surface area contributed by atoms with E-state index in [9.17, 15) is 18.0 Å². The fourth-order valence-electron chi connectivity index (χ4n) is 2.73. The van der Waals surface area contributed by atoms with Crippen molar-refractivity contribution in [2.45, 2.75) is 11.8 Å². The minimum Gasteiger partial charge on any atom is -0.426 e. The van der Waals surface area contributed by atoms with E-state index < -0.39 is 30.0 Å². The van der Waals surface area contributed by atoms with Gasteiger partial charge in [-0.3, -0.25) is 4.90 Å². The molecule has 0 aliphatic carbocycles. The summed E-state index contributed by atoms with van der Waals surface area (Å²) >= 11 is 23.5. The van der Waals surface area contributed by atoms with Crippen LogP contribution in [0.1, 0.15) is 11.1 Å². The van der Waals surface area contributed by atoms with Gasteiger partial charge in [0.05, 0.1) is 32.2 Å². The average molecular weight is 470 g/mol. The number of cyclic esters (lactones) is 1. The number of rotatable bonds is 2. The van der Waals surface area contributed by atoms with Gasteiger partial charge >= 0.3 is 12.3 Å². The summed E-state index contributed by atoms with van der Waals surface area (Å²) in [6.45, 7) is -0.911. The number of nitriles is 1. The smallest absolute Gasteiger partial charge is 0.426 e. The zero-order chi connectivity index (χ0) is 20.9. The molecular weight excluding hydrogens is 463 g/mol. The van der Waals surface area contributed by atoms with Crippen LogP contribution in [0.4, 0.5) is 23.7 Å². The predicted molar refractivity (Wildman–Crippen MR) is 99.2 cm³/mol. The highest BCUT2D eigenvalue weighted by molar-refractivity contribution is 6.48. The first-order chi connectivity index (χ1) is 13.0. The Bertz CT molecular complexity index is 999. The number of carbonyl (C=O) groups excluding carboxylic acids is 1. The number of hydrogen-bond donors (Lipinski definition) is 0. The van der Waals surface area contributed by atoms with E-state index in [1.54, 1.807) is 0 Å². The maximum absolute atomic E-state index is 14.0. The zero-order valence-electron chi connectivity index (χ0n) is 13.5. The molecule has 0 bridgehead atoms. The second-order valence-corrected chi connectivity index (χ2v) is 7.41. The van der Waals surface area contributed by atoms with Crippen LogP contribution in [0.25, 0.3) is 0 Å². The number of benzene rings is 2. The molecule has 0 N–H and O–H groups in total. The van der Waals surface area contributed by atoms with Gasteiger partial charge in [-0.1, -0.05) is 46.4 Å². The third-order valence-electron chi connectivity index (χ3n) is 4.16. The Morgan fingerprint density at radius 3 is 2.18 bits per heavy atom. The minimum absolute atomic E-state index is 0.0186. The van der Waals surface area contributed by atoms with Gasteiger partial charge in [0, 0.05) is 11.3 Å². The third kappa shape index (κ3) is 3.35. The normalized spacial score (nSPS) is 19.5. The molecule has 1 amide bonds. The fourth-order valence-corrected chi connectivity index (χ4v) is 3.55. The molecule has 146 valence electrons. The number of alkyl halides is 3.